The van der Waals surface area contributed by atoms with Crippen molar-refractivity contribution < 1.29 is 9.13 Å². The molecule has 0 saturated carbocycles. The molecule has 0 spiro atoms. The zero-order valence-corrected chi connectivity index (χ0v) is 11.5. The molecule has 0 bridgehead atoms. The first kappa shape index (κ1) is 14.4. The Kier molecular flexibility index (Phi) is 4.97. The van der Waals surface area contributed by atoms with Gasteiger partial charge in [-0.2, -0.15) is 5.26 Å². The molecule has 102 valence electrons. The van der Waals surface area contributed by atoms with Gasteiger partial charge < -0.3 is 4.74 Å². The molecule has 0 radical (unpaired) electrons. The fraction of sp³-hybridized carbons (Fsp3) is 0.188. The molecule has 2 aromatic carbocycles. The van der Waals surface area contributed by atoms with Gasteiger partial charge in [-0.05, 0) is 42.0 Å². The number of hydrogen-bond donors (Lipinski definition) is 0. The van der Waals surface area contributed by atoms with Gasteiger partial charge in [0.15, 0.2) is 0 Å². The lowest BCUT2D eigenvalue weighted by Gasteiger charge is -2.11. The van der Waals surface area contributed by atoms with E-state index in [2.05, 4.69) is 6.07 Å². The fourth-order valence-electron chi connectivity index (χ4n) is 1.83. The molecule has 1 unspecified atom stereocenters. The molecule has 2 rings (SSSR count). The molecule has 4 heteroatoms. The van der Waals surface area contributed by atoms with Crippen LogP contribution in [0, 0.1) is 17.1 Å². The van der Waals surface area contributed by atoms with Crippen LogP contribution < -0.4 is 4.74 Å². The number of hydrogen-bond acceptors (Lipinski definition) is 2. The number of halogens is 2. The fourth-order valence-corrected chi connectivity index (χ4v) is 1.95. The van der Waals surface area contributed by atoms with Gasteiger partial charge >= 0.3 is 0 Å². The third kappa shape index (κ3) is 3.97. The van der Waals surface area contributed by atoms with E-state index in [1.807, 2.05) is 12.1 Å². The summed E-state index contributed by atoms with van der Waals surface area (Å²) >= 11 is 5.82. The van der Waals surface area contributed by atoms with E-state index in [0.717, 1.165) is 5.56 Å². The molecular formula is C16H13ClFNO. The molecule has 0 aliphatic carbocycles. The Morgan fingerprint density at radius 2 is 1.75 bits per heavy atom. The van der Waals surface area contributed by atoms with Crippen molar-refractivity contribution in [1.82, 2.24) is 0 Å². The Morgan fingerprint density at radius 3 is 2.35 bits per heavy atom. The average Bonchev–Trinajstić information content (AvgIpc) is 2.47. The second kappa shape index (κ2) is 6.93. The first-order valence-electron chi connectivity index (χ1n) is 6.22. The highest BCUT2D eigenvalue weighted by Crippen LogP contribution is 2.21. The summed E-state index contributed by atoms with van der Waals surface area (Å²) in [5.41, 5.74) is 0.916. The summed E-state index contributed by atoms with van der Waals surface area (Å²) in [5.74, 6) is 0.0559. The van der Waals surface area contributed by atoms with E-state index in [4.69, 9.17) is 16.3 Å². The van der Waals surface area contributed by atoms with E-state index >= 15 is 0 Å². The lowest BCUT2D eigenvalue weighted by Crippen LogP contribution is -2.04. The van der Waals surface area contributed by atoms with E-state index in [1.54, 1.807) is 24.3 Å². The van der Waals surface area contributed by atoms with Crippen molar-refractivity contribution in [3.8, 4) is 11.8 Å². The lowest BCUT2D eigenvalue weighted by molar-refractivity contribution is 0.305. The molecule has 0 N–H and O–H groups in total. The Bertz CT molecular complexity index is 589. The van der Waals surface area contributed by atoms with Crippen LogP contribution in [-0.2, 0) is 0 Å². The largest absolute Gasteiger partial charge is 0.494 e. The second-order valence-corrected chi connectivity index (χ2v) is 4.76. The topological polar surface area (TPSA) is 33.0 Å². The van der Waals surface area contributed by atoms with Crippen molar-refractivity contribution in [3.63, 3.8) is 0 Å². The second-order valence-electron chi connectivity index (χ2n) is 4.32. The quantitative estimate of drug-likeness (QED) is 0.808. The molecule has 0 saturated heterocycles. The van der Waals surface area contributed by atoms with Crippen LogP contribution in [0.15, 0.2) is 48.5 Å². The van der Waals surface area contributed by atoms with Crippen LogP contribution in [0.2, 0.25) is 5.02 Å². The van der Waals surface area contributed by atoms with Crippen LogP contribution >= 0.6 is 11.6 Å². The Hall–Kier alpha value is -2.05. The maximum absolute atomic E-state index is 12.7. The summed E-state index contributed by atoms with van der Waals surface area (Å²) in [5, 5.41) is 9.84. The van der Waals surface area contributed by atoms with Crippen LogP contribution in [0.1, 0.15) is 17.9 Å². The van der Waals surface area contributed by atoms with E-state index in [-0.39, 0.29) is 11.7 Å². The van der Waals surface area contributed by atoms with Gasteiger partial charge in [-0.1, -0.05) is 23.7 Å². The number of nitriles is 1. The Labute approximate surface area is 122 Å². The van der Waals surface area contributed by atoms with Crippen LogP contribution in [0.5, 0.6) is 5.75 Å². The predicted molar refractivity (Wildman–Crippen MR) is 76.3 cm³/mol. The zero-order valence-electron chi connectivity index (χ0n) is 10.7. The van der Waals surface area contributed by atoms with Crippen molar-refractivity contribution in [2.24, 2.45) is 0 Å². The van der Waals surface area contributed by atoms with Crippen LogP contribution in [0.25, 0.3) is 0 Å². The number of benzene rings is 2. The number of nitrogens with zero attached hydrogens (tertiary/aromatic N) is 1. The van der Waals surface area contributed by atoms with Gasteiger partial charge in [-0.15, -0.1) is 0 Å². The van der Waals surface area contributed by atoms with Gasteiger partial charge in [-0.3, -0.25) is 0 Å². The highest BCUT2D eigenvalue weighted by atomic mass is 35.5. The summed E-state index contributed by atoms with van der Waals surface area (Å²) in [6.45, 7) is 0.395. The van der Waals surface area contributed by atoms with Crippen molar-refractivity contribution in [2.45, 2.75) is 12.3 Å². The maximum atomic E-state index is 12.7. The average molecular weight is 290 g/mol. The molecule has 0 aromatic heterocycles. The summed E-state index contributed by atoms with van der Waals surface area (Å²) in [6, 6.07) is 15.3. The summed E-state index contributed by atoms with van der Waals surface area (Å²) < 4.78 is 18.2. The van der Waals surface area contributed by atoms with Crippen molar-refractivity contribution in [1.29, 1.82) is 5.26 Å². The summed E-state index contributed by atoms with van der Waals surface area (Å²) in [6.07, 6.45) is 0.565. The van der Waals surface area contributed by atoms with Crippen molar-refractivity contribution in [3.05, 3.63) is 64.9 Å². The highest BCUT2D eigenvalue weighted by molar-refractivity contribution is 6.30. The van der Waals surface area contributed by atoms with Gasteiger partial charge in [0.1, 0.15) is 11.6 Å². The maximum Gasteiger partial charge on any atom is 0.123 e. The molecule has 2 nitrogen and oxygen atoms in total. The standard InChI is InChI=1S/C16H13ClFNO/c17-14-3-1-12(2-4-14)13(11-19)9-10-20-16-7-5-15(18)6-8-16/h1-8,13H,9-10H2. The summed E-state index contributed by atoms with van der Waals surface area (Å²) in [4.78, 5) is 0. The molecule has 0 heterocycles. The minimum absolute atomic E-state index is 0.243. The minimum Gasteiger partial charge on any atom is -0.494 e. The van der Waals surface area contributed by atoms with Crippen LogP contribution in [0.3, 0.4) is 0 Å². The van der Waals surface area contributed by atoms with Crippen LogP contribution in [-0.4, -0.2) is 6.61 Å². The summed E-state index contributed by atoms with van der Waals surface area (Å²) in [7, 11) is 0. The molecular weight excluding hydrogens is 277 g/mol. The van der Waals surface area contributed by atoms with Crippen LogP contribution in [0.4, 0.5) is 4.39 Å². The first-order chi connectivity index (χ1) is 9.69. The van der Waals surface area contributed by atoms with E-state index < -0.39 is 0 Å². The SMILES string of the molecule is N#CC(CCOc1ccc(F)cc1)c1ccc(Cl)cc1. The van der Waals surface area contributed by atoms with Crippen molar-refractivity contribution >= 4 is 11.6 Å². The number of ether oxygens (including phenoxy) is 1. The van der Waals surface area contributed by atoms with E-state index in [9.17, 15) is 9.65 Å². The third-order valence-electron chi connectivity index (χ3n) is 2.92. The van der Waals surface area contributed by atoms with Gasteiger partial charge in [0.05, 0.1) is 18.6 Å². The molecule has 0 fully saturated rings. The van der Waals surface area contributed by atoms with Gasteiger partial charge in [0.2, 0.25) is 0 Å². The molecule has 0 aliphatic rings. The zero-order chi connectivity index (χ0) is 14.4. The predicted octanol–water partition coefficient (Wildman–Crippen LogP) is 4.56. The van der Waals surface area contributed by atoms with Gasteiger partial charge in [0, 0.05) is 11.4 Å². The highest BCUT2D eigenvalue weighted by Gasteiger charge is 2.10. The number of rotatable bonds is 5. The van der Waals surface area contributed by atoms with Gasteiger partial charge in [0.25, 0.3) is 0 Å². The minimum atomic E-state index is -0.298. The molecule has 0 aliphatic heterocycles. The molecule has 1 atom stereocenters. The first-order valence-corrected chi connectivity index (χ1v) is 6.60. The Morgan fingerprint density at radius 1 is 1.10 bits per heavy atom. The van der Waals surface area contributed by atoms with Gasteiger partial charge in [-0.25, -0.2) is 4.39 Å². The third-order valence-corrected chi connectivity index (χ3v) is 3.17. The molecule has 2 aromatic rings. The van der Waals surface area contributed by atoms with E-state index in [1.165, 1.54) is 12.1 Å². The Balaban J connectivity index is 1.90. The smallest absolute Gasteiger partial charge is 0.123 e. The lowest BCUT2D eigenvalue weighted by atomic mass is 9.98. The van der Waals surface area contributed by atoms with E-state index in [0.29, 0.717) is 23.8 Å². The molecule has 20 heavy (non-hydrogen) atoms. The van der Waals surface area contributed by atoms with Crippen molar-refractivity contribution in [2.75, 3.05) is 6.61 Å². The normalized spacial score (nSPS) is 11.7. The molecule has 0 amide bonds. The monoisotopic (exact) mass is 289 g/mol.